The lowest BCUT2D eigenvalue weighted by atomic mass is 10.0. The minimum atomic E-state index is -0.661. The molecule has 0 aliphatic rings. The van der Waals surface area contributed by atoms with E-state index in [4.69, 9.17) is 5.26 Å². The lowest BCUT2D eigenvalue weighted by Gasteiger charge is -2.20. The number of anilines is 1. The summed E-state index contributed by atoms with van der Waals surface area (Å²) in [6.45, 7) is 3.87. The Labute approximate surface area is 130 Å². The minimum absolute atomic E-state index is 0.0730. The molecule has 3 N–H and O–H groups in total. The predicted octanol–water partition coefficient (Wildman–Crippen LogP) is 1.51. The van der Waals surface area contributed by atoms with Crippen LogP contribution in [0.3, 0.4) is 0 Å². The lowest BCUT2D eigenvalue weighted by Crippen LogP contribution is -2.47. The van der Waals surface area contributed by atoms with Crippen molar-refractivity contribution in [1.82, 2.24) is 10.6 Å². The molecule has 118 valence electrons. The predicted molar refractivity (Wildman–Crippen MR) is 85.3 cm³/mol. The van der Waals surface area contributed by atoms with E-state index in [1.54, 1.807) is 25.2 Å². The smallest absolute Gasteiger partial charge is 0.254 e. The Morgan fingerprint density at radius 3 is 2.55 bits per heavy atom. The van der Waals surface area contributed by atoms with Crippen molar-refractivity contribution in [3.8, 4) is 6.07 Å². The number of amides is 2. The van der Waals surface area contributed by atoms with Crippen LogP contribution >= 0.6 is 0 Å². The van der Waals surface area contributed by atoms with E-state index in [-0.39, 0.29) is 24.3 Å². The zero-order chi connectivity index (χ0) is 16.5. The topological polar surface area (TPSA) is 94.0 Å². The highest BCUT2D eigenvalue weighted by atomic mass is 16.2. The zero-order valence-corrected chi connectivity index (χ0v) is 13.1. The SMILES string of the molecule is CNc1ccccc1C(=O)N[C@@H](CC(C)C)C(=O)NCC#N. The molecule has 1 rings (SSSR count). The Kier molecular flexibility index (Phi) is 6.90. The largest absolute Gasteiger partial charge is 0.387 e. The first-order chi connectivity index (χ1) is 10.5. The molecule has 0 bridgehead atoms. The van der Waals surface area contributed by atoms with Crippen molar-refractivity contribution in [2.24, 2.45) is 5.92 Å². The van der Waals surface area contributed by atoms with Crippen molar-refractivity contribution in [1.29, 1.82) is 5.26 Å². The summed E-state index contributed by atoms with van der Waals surface area (Å²) in [4.78, 5) is 24.5. The summed E-state index contributed by atoms with van der Waals surface area (Å²) in [6, 6.07) is 8.28. The van der Waals surface area contributed by atoms with Gasteiger partial charge in [0.25, 0.3) is 5.91 Å². The fourth-order valence-electron chi connectivity index (χ4n) is 2.09. The number of para-hydroxylation sites is 1. The monoisotopic (exact) mass is 302 g/mol. The average molecular weight is 302 g/mol. The Morgan fingerprint density at radius 2 is 1.95 bits per heavy atom. The molecule has 0 aliphatic carbocycles. The number of nitriles is 1. The summed E-state index contributed by atoms with van der Waals surface area (Å²) in [7, 11) is 1.73. The van der Waals surface area contributed by atoms with Crippen molar-refractivity contribution < 1.29 is 9.59 Å². The highest BCUT2D eigenvalue weighted by Gasteiger charge is 2.23. The van der Waals surface area contributed by atoms with Crippen molar-refractivity contribution in [2.45, 2.75) is 26.3 Å². The van der Waals surface area contributed by atoms with Crippen LogP contribution < -0.4 is 16.0 Å². The molecule has 22 heavy (non-hydrogen) atoms. The van der Waals surface area contributed by atoms with E-state index < -0.39 is 6.04 Å². The summed E-state index contributed by atoms with van der Waals surface area (Å²) < 4.78 is 0. The Bertz CT molecular complexity index is 564. The van der Waals surface area contributed by atoms with Gasteiger partial charge in [-0.05, 0) is 24.5 Å². The summed E-state index contributed by atoms with van der Waals surface area (Å²) in [6.07, 6.45) is 0.505. The van der Waals surface area contributed by atoms with Gasteiger partial charge in [-0.1, -0.05) is 26.0 Å². The van der Waals surface area contributed by atoms with Gasteiger partial charge >= 0.3 is 0 Å². The van der Waals surface area contributed by atoms with Crippen molar-refractivity contribution >= 4 is 17.5 Å². The van der Waals surface area contributed by atoms with Gasteiger partial charge in [0, 0.05) is 12.7 Å². The molecule has 1 aromatic rings. The van der Waals surface area contributed by atoms with Crippen LogP contribution in [0, 0.1) is 17.2 Å². The number of rotatable bonds is 7. The van der Waals surface area contributed by atoms with Crippen LogP contribution in [0.25, 0.3) is 0 Å². The number of nitrogens with one attached hydrogen (secondary N) is 3. The van der Waals surface area contributed by atoms with Gasteiger partial charge in [0.1, 0.15) is 12.6 Å². The van der Waals surface area contributed by atoms with E-state index in [1.165, 1.54) is 0 Å². The number of hydrogen-bond acceptors (Lipinski definition) is 4. The van der Waals surface area contributed by atoms with E-state index >= 15 is 0 Å². The van der Waals surface area contributed by atoms with Gasteiger partial charge in [0.15, 0.2) is 0 Å². The molecule has 0 spiro atoms. The molecule has 0 fully saturated rings. The molecule has 0 unspecified atom stereocenters. The molecular formula is C16H22N4O2. The summed E-state index contributed by atoms with van der Waals surface area (Å²) in [5, 5.41) is 16.7. The molecule has 1 aromatic carbocycles. The Hall–Kier alpha value is -2.55. The van der Waals surface area contributed by atoms with Gasteiger partial charge in [-0.3, -0.25) is 9.59 Å². The van der Waals surface area contributed by atoms with Crippen molar-refractivity contribution in [2.75, 3.05) is 18.9 Å². The first-order valence-corrected chi connectivity index (χ1v) is 7.21. The van der Waals surface area contributed by atoms with E-state index in [0.717, 1.165) is 0 Å². The van der Waals surface area contributed by atoms with Crippen molar-refractivity contribution in [3.05, 3.63) is 29.8 Å². The van der Waals surface area contributed by atoms with Crippen LogP contribution in [0.2, 0.25) is 0 Å². The number of carbonyl (C=O) groups is 2. The second-order valence-electron chi connectivity index (χ2n) is 5.33. The molecule has 0 aromatic heterocycles. The Morgan fingerprint density at radius 1 is 1.27 bits per heavy atom. The second kappa shape index (κ2) is 8.67. The summed E-state index contributed by atoms with van der Waals surface area (Å²) in [5.74, 6) is -0.425. The average Bonchev–Trinajstić information content (AvgIpc) is 2.51. The molecule has 1 atom stereocenters. The highest BCUT2D eigenvalue weighted by molar-refractivity contribution is 6.01. The van der Waals surface area contributed by atoms with Gasteiger partial charge < -0.3 is 16.0 Å². The molecule has 0 saturated heterocycles. The number of benzene rings is 1. The Balaban J connectivity index is 2.86. The van der Waals surface area contributed by atoms with Crippen LogP contribution in [-0.4, -0.2) is 31.4 Å². The third-order valence-corrected chi connectivity index (χ3v) is 3.11. The van der Waals surface area contributed by atoms with Gasteiger partial charge in [0.2, 0.25) is 5.91 Å². The lowest BCUT2D eigenvalue weighted by molar-refractivity contribution is -0.123. The van der Waals surface area contributed by atoms with Crippen LogP contribution in [0.1, 0.15) is 30.6 Å². The molecule has 0 heterocycles. The quantitative estimate of drug-likeness (QED) is 0.665. The molecular weight excluding hydrogens is 280 g/mol. The molecule has 0 aliphatic heterocycles. The normalized spacial score (nSPS) is 11.4. The van der Waals surface area contributed by atoms with Gasteiger partial charge in [-0.2, -0.15) is 5.26 Å². The minimum Gasteiger partial charge on any atom is -0.387 e. The maximum Gasteiger partial charge on any atom is 0.254 e. The first-order valence-electron chi connectivity index (χ1n) is 7.21. The van der Waals surface area contributed by atoms with Gasteiger partial charge in [0.05, 0.1) is 11.6 Å². The highest BCUT2D eigenvalue weighted by Crippen LogP contribution is 2.15. The summed E-state index contributed by atoms with van der Waals surface area (Å²) >= 11 is 0. The molecule has 0 radical (unpaired) electrons. The van der Waals surface area contributed by atoms with Crippen LogP contribution in [0.4, 0.5) is 5.69 Å². The standard InChI is InChI=1S/C16H22N4O2/c1-11(2)10-14(16(22)19-9-8-17)20-15(21)12-6-4-5-7-13(12)18-3/h4-7,11,14,18H,9-10H2,1-3H3,(H,19,22)(H,20,21)/t14-/m0/s1. The van der Waals surface area contributed by atoms with Gasteiger partial charge in [-0.25, -0.2) is 0 Å². The summed E-state index contributed by atoms with van der Waals surface area (Å²) in [5.41, 5.74) is 1.17. The van der Waals surface area contributed by atoms with E-state index in [9.17, 15) is 9.59 Å². The van der Waals surface area contributed by atoms with Crippen LogP contribution in [0.5, 0.6) is 0 Å². The first kappa shape index (κ1) is 17.5. The third kappa shape index (κ3) is 5.09. The van der Waals surface area contributed by atoms with E-state index in [0.29, 0.717) is 17.7 Å². The fourth-order valence-corrected chi connectivity index (χ4v) is 2.09. The maximum absolute atomic E-state index is 12.4. The van der Waals surface area contributed by atoms with Gasteiger partial charge in [-0.15, -0.1) is 0 Å². The van der Waals surface area contributed by atoms with Crippen LogP contribution in [0.15, 0.2) is 24.3 Å². The third-order valence-electron chi connectivity index (χ3n) is 3.11. The van der Waals surface area contributed by atoms with E-state index in [1.807, 2.05) is 26.0 Å². The number of hydrogen-bond donors (Lipinski definition) is 3. The molecule has 6 heteroatoms. The molecule has 6 nitrogen and oxygen atoms in total. The fraction of sp³-hybridized carbons (Fsp3) is 0.438. The number of nitrogens with zero attached hydrogens (tertiary/aromatic N) is 1. The molecule has 0 saturated carbocycles. The van der Waals surface area contributed by atoms with E-state index in [2.05, 4.69) is 16.0 Å². The maximum atomic E-state index is 12.4. The zero-order valence-electron chi connectivity index (χ0n) is 13.1. The van der Waals surface area contributed by atoms with Crippen molar-refractivity contribution in [3.63, 3.8) is 0 Å². The number of carbonyl (C=O) groups excluding carboxylic acids is 2. The van der Waals surface area contributed by atoms with Crippen LogP contribution in [-0.2, 0) is 4.79 Å². The second-order valence-corrected chi connectivity index (χ2v) is 5.33. The molecule has 2 amide bonds.